The summed E-state index contributed by atoms with van der Waals surface area (Å²) in [6, 6.07) is 7.65. The van der Waals surface area contributed by atoms with Crippen molar-refractivity contribution in [2.45, 2.75) is 6.61 Å². The smallest absolute Gasteiger partial charge is 0.316 e. The van der Waals surface area contributed by atoms with Gasteiger partial charge in [0.2, 0.25) is 0 Å². The summed E-state index contributed by atoms with van der Waals surface area (Å²) in [6.45, 7) is 0.161. The molecule has 0 saturated carbocycles. The number of fused-ring (bicyclic) bond motifs is 1. The minimum absolute atomic E-state index is 0.0836. The van der Waals surface area contributed by atoms with Crippen molar-refractivity contribution >= 4 is 29.6 Å². The molecule has 0 atom stereocenters. The molecule has 1 aromatic carbocycles. The van der Waals surface area contributed by atoms with Gasteiger partial charge in [0.05, 0.1) is 16.8 Å². The first-order valence-electron chi connectivity index (χ1n) is 4.49. The number of aromatic amines is 1. The molecule has 2 rings (SSSR count). The van der Waals surface area contributed by atoms with E-state index in [0.29, 0.717) is 5.82 Å². The van der Waals surface area contributed by atoms with Gasteiger partial charge in [-0.25, -0.2) is 4.98 Å². The van der Waals surface area contributed by atoms with Crippen molar-refractivity contribution in [1.29, 1.82) is 0 Å². The van der Waals surface area contributed by atoms with Crippen molar-refractivity contribution < 1.29 is 9.53 Å². The summed E-state index contributed by atoms with van der Waals surface area (Å²) in [6.07, 6.45) is 0. The Balaban J connectivity index is 2.12. The summed E-state index contributed by atoms with van der Waals surface area (Å²) in [7, 11) is 0. The molecule has 1 N–H and O–H groups in total. The molecule has 5 heteroatoms. The van der Waals surface area contributed by atoms with Gasteiger partial charge < -0.3 is 9.72 Å². The Hall–Kier alpha value is -1.49. The molecule has 0 fully saturated rings. The van der Waals surface area contributed by atoms with Crippen LogP contribution in [0.4, 0.5) is 0 Å². The van der Waals surface area contributed by atoms with E-state index in [1.807, 2.05) is 24.3 Å². The Kier molecular flexibility index (Phi) is 2.91. The highest BCUT2D eigenvalue weighted by atomic mass is 32.1. The first kappa shape index (κ1) is 10.0. The maximum absolute atomic E-state index is 10.9. The van der Waals surface area contributed by atoms with Crippen LogP contribution in [0.2, 0.25) is 0 Å². The van der Waals surface area contributed by atoms with E-state index in [2.05, 4.69) is 22.6 Å². The van der Waals surface area contributed by atoms with Crippen molar-refractivity contribution in [2.24, 2.45) is 0 Å². The minimum atomic E-state index is -0.348. The largest absolute Gasteiger partial charge is 0.457 e. The molecule has 1 aromatic heterocycles. The highest BCUT2D eigenvalue weighted by Crippen LogP contribution is 2.10. The van der Waals surface area contributed by atoms with Crippen LogP contribution in [0.1, 0.15) is 5.82 Å². The molecular formula is C10H10N2O2S. The number of nitrogens with zero attached hydrogens (tertiary/aromatic N) is 1. The number of benzene rings is 1. The predicted molar refractivity (Wildman–Crippen MR) is 59.7 cm³/mol. The molecular weight excluding hydrogens is 212 g/mol. The first-order chi connectivity index (χ1) is 7.29. The summed E-state index contributed by atoms with van der Waals surface area (Å²) in [5.74, 6) is 0.380. The number of hydrogen-bond acceptors (Lipinski definition) is 4. The van der Waals surface area contributed by atoms with Gasteiger partial charge >= 0.3 is 5.97 Å². The van der Waals surface area contributed by atoms with Crippen LogP contribution < -0.4 is 0 Å². The van der Waals surface area contributed by atoms with Gasteiger partial charge in [-0.3, -0.25) is 4.79 Å². The standard InChI is InChI=1S/C10H10N2O2S/c13-10(6-15)14-5-9-11-7-3-1-2-4-8(7)12-9/h1-4,15H,5-6H2,(H,11,12). The Bertz CT molecular complexity index is 448. The second-order valence-electron chi connectivity index (χ2n) is 3.02. The van der Waals surface area contributed by atoms with E-state index in [1.54, 1.807) is 0 Å². The van der Waals surface area contributed by atoms with Gasteiger partial charge in [0, 0.05) is 0 Å². The second-order valence-corrected chi connectivity index (χ2v) is 3.34. The third kappa shape index (κ3) is 2.30. The lowest BCUT2D eigenvalue weighted by Gasteiger charge is -1.98. The SMILES string of the molecule is O=C(CS)OCc1nc2ccccc2[nH]1. The third-order valence-electron chi connectivity index (χ3n) is 1.94. The van der Waals surface area contributed by atoms with E-state index in [1.165, 1.54) is 0 Å². The summed E-state index contributed by atoms with van der Waals surface area (Å²) in [5.41, 5.74) is 1.81. The number of nitrogens with one attached hydrogen (secondary N) is 1. The number of hydrogen-bond donors (Lipinski definition) is 2. The van der Waals surface area contributed by atoms with Crippen LogP contribution in [0.25, 0.3) is 11.0 Å². The Morgan fingerprint density at radius 2 is 2.27 bits per heavy atom. The lowest BCUT2D eigenvalue weighted by molar-refractivity contribution is -0.141. The van der Waals surface area contributed by atoms with Gasteiger partial charge in [0.15, 0.2) is 0 Å². The van der Waals surface area contributed by atoms with Crippen molar-refractivity contribution in [3.8, 4) is 0 Å². The second kappa shape index (κ2) is 4.35. The van der Waals surface area contributed by atoms with Gasteiger partial charge in [-0.2, -0.15) is 12.6 Å². The lowest BCUT2D eigenvalue weighted by Crippen LogP contribution is -2.06. The van der Waals surface area contributed by atoms with Crippen molar-refractivity contribution in [2.75, 3.05) is 5.75 Å². The normalized spacial score (nSPS) is 10.5. The van der Waals surface area contributed by atoms with E-state index in [-0.39, 0.29) is 18.3 Å². The lowest BCUT2D eigenvalue weighted by atomic mass is 10.3. The third-order valence-corrected chi connectivity index (χ3v) is 2.20. The molecule has 0 saturated heterocycles. The Morgan fingerprint density at radius 1 is 1.47 bits per heavy atom. The molecule has 2 aromatic rings. The zero-order valence-electron chi connectivity index (χ0n) is 7.93. The molecule has 0 spiro atoms. The zero-order valence-corrected chi connectivity index (χ0v) is 8.83. The monoisotopic (exact) mass is 222 g/mol. The van der Waals surface area contributed by atoms with Crippen molar-refractivity contribution in [3.05, 3.63) is 30.1 Å². The van der Waals surface area contributed by atoms with Crippen LogP contribution in [0.5, 0.6) is 0 Å². The molecule has 0 aliphatic heterocycles. The predicted octanol–water partition coefficient (Wildman–Crippen LogP) is 1.54. The number of esters is 1. The highest BCUT2D eigenvalue weighted by molar-refractivity contribution is 7.81. The Labute approximate surface area is 92.1 Å². The van der Waals surface area contributed by atoms with E-state index >= 15 is 0 Å². The number of thiol groups is 1. The number of aromatic nitrogens is 2. The van der Waals surface area contributed by atoms with E-state index in [9.17, 15) is 4.79 Å². The van der Waals surface area contributed by atoms with Crippen LogP contribution in [0.15, 0.2) is 24.3 Å². The molecule has 78 valence electrons. The van der Waals surface area contributed by atoms with E-state index in [4.69, 9.17) is 4.74 Å². The average molecular weight is 222 g/mol. The zero-order chi connectivity index (χ0) is 10.7. The molecule has 1 heterocycles. The maximum atomic E-state index is 10.9. The van der Waals surface area contributed by atoms with Gasteiger partial charge in [0.25, 0.3) is 0 Å². The topological polar surface area (TPSA) is 55.0 Å². The molecule has 0 amide bonds. The summed E-state index contributed by atoms with van der Waals surface area (Å²) >= 11 is 3.81. The fraction of sp³-hybridized carbons (Fsp3) is 0.200. The molecule has 15 heavy (non-hydrogen) atoms. The Morgan fingerprint density at radius 3 is 3.00 bits per heavy atom. The fourth-order valence-electron chi connectivity index (χ4n) is 1.27. The maximum Gasteiger partial charge on any atom is 0.316 e. The van der Waals surface area contributed by atoms with Gasteiger partial charge in [0.1, 0.15) is 12.4 Å². The fourth-order valence-corrected chi connectivity index (χ4v) is 1.36. The van der Waals surface area contributed by atoms with Gasteiger partial charge in [-0.05, 0) is 12.1 Å². The number of H-pyrrole nitrogens is 1. The minimum Gasteiger partial charge on any atom is -0.457 e. The molecule has 0 aliphatic carbocycles. The van der Waals surface area contributed by atoms with Crippen molar-refractivity contribution in [3.63, 3.8) is 0 Å². The number of imidazole rings is 1. The summed E-state index contributed by atoms with van der Waals surface area (Å²) < 4.78 is 4.90. The highest BCUT2D eigenvalue weighted by Gasteiger charge is 2.04. The number of carbonyl (C=O) groups excluding carboxylic acids is 1. The number of rotatable bonds is 3. The molecule has 0 unspecified atom stereocenters. The van der Waals surface area contributed by atoms with Crippen LogP contribution in [0, 0.1) is 0 Å². The van der Waals surface area contributed by atoms with Crippen LogP contribution >= 0.6 is 12.6 Å². The number of para-hydroxylation sites is 2. The van der Waals surface area contributed by atoms with Crippen LogP contribution in [-0.4, -0.2) is 21.7 Å². The molecule has 4 nitrogen and oxygen atoms in total. The molecule has 0 radical (unpaired) electrons. The summed E-state index contributed by atoms with van der Waals surface area (Å²) in [5, 5.41) is 0. The molecule has 0 aliphatic rings. The van der Waals surface area contributed by atoms with Gasteiger partial charge in [-0.15, -0.1) is 0 Å². The number of ether oxygens (including phenoxy) is 1. The molecule has 0 bridgehead atoms. The first-order valence-corrected chi connectivity index (χ1v) is 5.13. The van der Waals surface area contributed by atoms with E-state index in [0.717, 1.165) is 11.0 Å². The quantitative estimate of drug-likeness (QED) is 0.611. The van der Waals surface area contributed by atoms with Gasteiger partial charge in [-0.1, -0.05) is 12.1 Å². The number of carbonyl (C=O) groups is 1. The summed E-state index contributed by atoms with van der Waals surface area (Å²) in [4.78, 5) is 18.2. The van der Waals surface area contributed by atoms with Crippen LogP contribution in [0.3, 0.4) is 0 Å². The van der Waals surface area contributed by atoms with E-state index < -0.39 is 0 Å². The average Bonchev–Trinajstić information content (AvgIpc) is 2.68. The van der Waals surface area contributed by atoms with Crippen LogP contribution in [-0.2, 0) is 16.1 Å². The van der Waals surface area contributed by atoms with Crippen molar-refractivity contribution in [1.82, 2.24) is 9.97 Å².